The van der Waals surface area contributed by atoms with Crippen molar-refractivity contribution in [2.45, 2.75) is 19.4 Å². The Balaban J connectivity index is 1.89. The summed E-state index contributed by atoms with van der Waals surface area (Å²) in [5.74, 6) is -2.92. The molecule has 1 atom stereocenters. The van der Waals surface area contributed by atoms with E-state index in [1.807, 2.05) is 6.07 Å². The van der Waals surface area contributed by atoms with Gasteiger partial charge in [0.05, 0.1) is 18.5 Å². The molecule has 1 heterocycles. The van der Waals surface area contributed by atoms with E-state index in [9.17, 15) is 18.8 Å². The first-order valence-corrected chi connectivity index (χ1v) is 9.18. The summed E-state index contributed by atoms with van der Waals surface area (Å²) in [6.07, 6.45) is 0.115. The average molecular weight is 409 g/mol. The Bertz CT molecular complexity index is 1060. The van der Waals surface area contributed by atoms with Gasteiger partial charge in [0.1, 0.15) is 17.6 Å². The molecule has 1 aromatic heterocycles. The Hall–Kier alpha value is -3.81. The number of esters is 1. The van der Waals surface area contributed by atoms with Crippen molar-refractivity contribution in [3.63, 3.8) is 0 Å². The van der Waals surface area contributed by atoms with Crippen LogP contribution in [0.15, 0.2) is 60.7 Å². The molecule has 0 bridgehead atoms. The van der Waals surface area contributed by atoms with Crippen LogP contribution in [0, 0.1) is 12.7 Å². The number of nitrogens with zero attached hydrogens (tertiary/aromatic N) is 2. The predicted molar refractivity (Wildman–Crippen MR) is 107 cm³/mol. The first kappa shape index (κ1) is 20.9. The lowest BCUT2D eigenvalue weighted by atomic mass is 10.0. The summed E-state index contributed by atoms with van der Waals surface area (Å²) in [4.78, 5) is 37.3. The number of aryl methyl sites for hydroxylation is 1. The molecule has 2 aromatic carbocycles. The third-order valence-electron chi connectivity index (χ3n) is 4.43. The second-order valence-corrected chi connectivity index (χ2v) is 6.63. The van der Waals surface area contributed by atoms with Crippen LogP contribution in [-0.4, -0.2) is 40.6 Å². The average Bonchev–Trinajstić information content (AvgIpc) is 3.15. The predicted octanol–water partition coefficient (Wildman–Crippen LogP) is 2.40. The summed E-state index contributed by atoms with van der Waals surface area (Å²) in [5, 5.41) is 6.88. The van der Waals surface area contributed by atoms with Gasteiger partial charge in [-0.1, -0.05) is 30.3 Å². The second-order valence-electron chi connectivity index (χ2n) is 6.63. The molecular weight excluding hydrogens is 389 g/mol. The highest BCUT2D eigenvalue weighted by atomic mass is 19.1. The minimum absolute atomic E-state index is 0.115. The minimum atomic E-state index is -1.12. The lowest BCUT2D eigenvalue weighted by molar-refractivity contribution is -0.152. The van der Waals surface area contributed by atoms with Crippen LogP contribution in [0.5, 0.6) is 0 Å². The molecule has 7 nitrogen and oxygen atoms in total. The van der Waals surface area contributed by atoms with Crippen LogP contribution in [-0.2, 0) is 20.7 Å². The topological polar surface area (TPSA) is 90.3 Å². The molecule has 0 saturated carbocycles. The van der Waals surface area contributed by atoms with Gasteiger partial charge < -0.3 is 10.1 Å². The number of carbonyl (C=O) groups is 3. The number of Topliss-reactive ketones (excluding diaryl/α,β-unsaturated/α-hetero) is 1. The van der Waals surface area contributed by atoms with E-state index < -0.39 is 29.5 Å². The first-order valence-electron chi connectivity index (χ1n) is 9.18. The Kier molecular flexibility index (Phi) is 6.36. The Morgan fingerprint density at radius 2 is 1.77 bits per heavy atom. The summed E-state index contributed by atoms with van der Waals surface area (Å²) < 4.78 is 19.1. The maximum absolute atomic E-state index is 13.3. The van der Waals surface area contributed by atoms with Crippen molar-refractivity contribution in [1.29, 1.82) is 0 Å². The number of ketones is 1. The number of rotatable bonds is 7. The third-order valence-corrected chi connectivity index (χ3v) is 4.43. The number of nitrogens with one attached hydrogen (secondary N) is 1. The van der Waals surface area contributed by atoms with Gasteiger partial charge in [-0.05, 0) is 42.8 Å². The number of ether oxygens (including phenoxy) is 1. The number of aromatic nitrogens is 2. The van der Waals surface area contributed by atoms with Crippen LogP contribution in [0.4, 0.5) is 4.39 Å². The number of halogens is 1. The van der Waals surface area contributed by atoms with Gasteiger partial charge in [-0.2, -0.15) is 5.10 Å². The molecule has 0 saturated heterocycles. The van der Waals surface area contributed by atoms with Crippen molar-refractivity contribution in [3.8, 4) is 5.69 Å². The Morgan fingerprint density at radius 3 is 2.40 bits per heavy atom. The summed E-state index contributed by atoms with van der Waals surface area (Å²) in [7, 11) is 1.11. The van der Waals surface area contributed by atoms with E-state index in [1.165, 1.54) is 28.9 Å². The molecule has 1 N–H and O–H groups in total. The maximum Gasteiger partial charge on any atom is 0.376 e. The van der Waals surface area contributed by atoms with Crippen LogP contribution in [0.2, 0.25) is 0 Å². The number of methoxy groups -OCH3 is 1. The van der Waals surface area contributed by atoms with Crippen LogP contribution in [0.25, 0.3) is 5.69 Å². The van der Waals surface area contributed by atoms with Gasteiger partial charge in [0.25, 0.3) is 11.7 Å². The molecule has 154 valence electrons. The normalized spacial score (nSPS) is 11.6. The highest BCUT2D eigenvalue weighted by molar-refractivity contribution is 6.36. The van der Waals surface area contributed by atoms with E-state index in [1.54, 1.807) is 37.3 Å². The number of carbonyl (C=O) groups excluding carboxylic acids is 3. The van der Waals surface area contributed by atoms with Gasteiger partial charge in [-0.25, -0.2) is 13.9 Å². The van der Waals surface area contributed by atoms with Gasteiger partial charge in [0.15, 0.2) is 0 Å². The zero-order valence-corrected chi connectivity index (χ0v) is 16.5. The van der Waals surface area contributed by atoms with E-state index in [0.717, 1.165) is 12.7 Å². The fourth-order valence-corrected chi connectivity index (χ4v) is 2.97. The molecular formula is C22H20FN3O4. The Labute approximate surface area is 172 Å². The van der Waals surface area contributed by atoms with Crippen molar-refractivity contribution in [1.82, 2.24) is 15.1 Å². The third kappa shape index (κ3) is 4.78. The molecule has 3 aromatic rings. The maximum atomic E-state index is 13.3. The molecule has 0 aliphatic heterocycles. The molecule has 1 unspecified atom stereocenters. The van der Waals surface area contributed by atoms with E-state index in [-0.39, 0.29) is 12.1 Å². The highest BCUT2D eigenvalue weighted by Crippen LogP contribution is 2.14. The largest absolute Gasteiger partial charge is 0.463 e. The molecule has 0 aliphatic rings. The molecule has 3 rings (SSSR count). The Morgan fingerprint density at radius 1 is 1.10 bits per heavy atom. The summed E-state index contributed by atoms with van der Waals surface area (Å²) in [5.41, 5.74) is 1.95. The zero-order valence-electron chi connectivity index (χ0n) is 16.5. The highest BCUT2D eigenvalue weighted by Gasteiger charge is 2.29. The van der Waals surface area contributed by atoms with Crippen LogP contribution in [0.3, 0.4) is 0 Å². The summed E-state index contributed by atoms with van der Waals surface area (Å²) >= 11 is 0. The van der Waals surface area contributed by atoms with Gasteiger partial charge in [0.2, 0.25) is 0 Å². The van der Waals surface area contributed by atoms with Gasteiger partial charge >= 0.3 is 5.97 Å². The molecule has 0 fully saturated rings. The monoisotopic (exact) mass is 409 g/mol. The lowest BCUT2D eigenvalue weighted by Crippen LogP contribution is -2.46. The number of amides is 1. The number of benzene rings is 2. The summed E-state index contributed by atoms with van der Waals surface area (Å²) in [6, 6.07) is 14.9. The summed E-state index contributed by atoms with van der Waals surface area (Å²) in [6.45, 7) is 1.71. The van der Waals surface area contributed by atoms with Crippen LogP contribution in [0.1, 0.15) is 21.7 Å². The number of hydrogen-bond acceptors (Lipinski definition) is 5. The lowest BCUT2D eigenvalue weighted by Gasteiger charge is -2.17. The molecule has 8 heteroatoms. The van der Waals surface area contributed by atoms with E-state index in [0.29, 0.717) is 11.4 Å². The van der Waals surface area contributed by atoms with E-state index in [2.05, 4.69) is 15.2 Å². The van der Waals surface area contributed by atoms with Gasteiger partial charge in [-0.15, -0.1) is 0 Å². The first-order chi connectivity index (χ1) is 14.4. The van der Waals surface area contributed by atoms with Crippen molar-refractivity contribution in [2.75, 3.05) is 7.11 Å². The molecule has 0 aliphatic carbocycles. The quantitative estimate of drug-likeness (QED) is 0.478. The SMILES string of the molecule is COC(=O)C(=O)C(Cc1ccccc1)NC(=O)c1cc(C)nn1-c1ccc(F)cc1. The fraction of sp³-hybridized carbons (Fsp3) is 0.182. The van der Waals surface area contributed by atoms with Crippen LogP contribution >= 0.6 is 0 Å². The van der Waals surface area contributed by atoms with Crippen molar-refractivity contribution in [3.05, 3.63) is 83.4 Å². The van der Waals surface area contributed by atoms with Gasteiger partial charge in [0, 0.05) is 6.42 Å². The number of hydrogen-bond donors (Lipinski definition) is 1. The van der Waals surface area contributed by atoms with Crippen LogP contribution < -0.4 is 5.32 Å². The van der Waals surface area contributed by atoms with Crippen molar-refractivity contribution in [2.24, 2.45) is 0 Å². The van der Waals surface area contributed by atoms with E-state index in [4.69, 9.17) is 0 Å². The molecule has 1 amide bonds. The van der Waals surface area contributed by atoms with Crippen molar-refractivity contribution >= 4 is 17.7 Å². The fourth-order valence-electron chi connectivity index (χ4n) is 2.97. The van der Waals surface area contributed by atoms with Gasteiger partial charge in [-0.3, -0.25) is 9.59 Å². The second kappa shape index (κ2) is 9.13. The van der Waals surface area contributed by atoms with E-state index >= 15 is 0 Å². The molecule has 30 heavy (non-hydrogen) atoms. The molecule has 0 radical (unpaired) electrons. The minimum Gasteiger partial charge on any atom is -0.463 e. The smallest absolute Gasteiger partial charge is 0.376 e. The van der Waals surface area contributed by atoms with Crippen molar-refractivity contribution < 1.29 is 23.5 Å². The molecule has 0 spiro atoms. The zero-order chi connectivity index (χ0) is 21.7. The standard InChI is InChI=1S/C22H20FN3O4/c1-14-12-19(26(25-14)17-10-8-16(23)9-11-17)21(28)24-18(20(27)22(29)30-2)13-15-6-4-3-5-7-15/h3-12,18H,13H2,1-2H3,(H,24,28).